The van der Waals surface area contributed by atoms with Gasteiger partial charge in [-0.2, -0.15) is 0 Å². The second-order valence-corrected chi connectivity index (χ2v) is 10.1. The molecule has 154 valence electrons. The lowest BCUT2D eigenvalue weighted by molar-refractivity contribution is -0.411. The quantitative estimate of drug-likeness (QED) is 0.488. The van der Waals surface area contributed by atoms with E-state index in [0.717, 1.165) is 43.4 Å². The SMILES string of the molecule is C=C1CCCC2C(CCC3(C)CCC(C(C)C(=O)O)OO3)C(C)CCC12C. The highest BCUT2D eigenvalue weighted by atomic mass is 17.2. The van der Waals surface area contributed by atoms with Gasteiger partial charge in [-0.15, -0.1) is 0 Å². The van der Waals surface area contributed by atoms with Crippen molar-refractivity contribution in [1.82, 2.24) is 0 Å². The molecule has 7 unspecified atom stereocenters. The van der Waals surface area contributed by atoms with Crippen molar-refractivity contribution >= 4 is 5.97 Å². The Morgan fingerprint density at radius 2 is 2.04 bits per heavy atom. The van der Waals surface area contributed by atoms with Crippen LogP contribution in [0.3, 0.4) is 0 Å². The maximum Gasteiger partial charge on any atom is 0.308 e. The number of allylic oxidation sites excluding steroid dienone is 1. The monoisotopic (exact) mass is 378 g/mol. The molecule has 3 aliphatic rings. The molecule has 1 heterocycles. The van der Waals surface area contributed by atoms with Gasteiger partial charge in [0.15, 0.2) is 0 Å². The molecule has 0 amide bonds. The van der Waals surface area contributed by atoms with Gasteiger partial charge in [0.25, 0.3) is 0 Å². The molecule has 0 radical (unpaired) electrons. The van der Waals surface area contributed by atoms with E-state index in [-0.39, 0.29) is 11.7 Å². The first-order valence-corrected chi connectivity index (χ1v) is 10.9. The molecule has 4 heteroatoms. The average Bonchev–Trinajstić information content (AvgIpc) is 2.63. The minimum Gasteiger partial charge on any atom is -0.481 e. The van der Waals surface area contributed by atoms with Crippen LogP contribution in [-0.2, 0) is 14.6 Å². The van der Waals surface area contributed by atoms with Crippen molar-refractivity contribution in [2.24, 2.45) is 29.1 Å². The molecule has 0 aromatic rings. The zero-order valence-corrected chi connectivity index (χ0v) is 17.6. The van der Waals surface area contributed by atoms with Gasteiger partial charge in [0.1, 0.15) is 11.7 Å². The Kier molecular flexibility index (Phi) is 6.08. The average molecular weight is 379 g/mol. The molecule has 3 fully saturated rings. The fraction of sp³-hybridized carbons (Fsp3) is 0.870. The van der Waals surface area contributed by atoms with Crippen molar-refractivity contribution in [3.63, 3.8) is 0 Å². The van der Waals surface area contributed by atoms with E-state index >= 15 is 0 Å². The van der Waals surface area contributed by atoms with Gasteiger partial charge in [-0.05, 0) is 94.8 Å². The first kappa shape index (κ1) is 20.9. The first-order chi connectivity index (χ1) is 12.7. The molecule has 2 aliphatic carbocycles. The molecule has 7 atom stereocenters. The third-order valence-electron chi connectivity index (χ3n) is 8.27. The van der Waals surface area contributed by atoms with Crippen LogP contribution >= 0.6 is 0 Å². The number of fused-ring (bicyclic) bond motifs is 1. The summed E-state index contributed by atoms with van der Waals surface area (Å²) in [5.74, 6) is 0.871. The van der Waals surface area contributed by atoms with Crippen LogP contribution in [0, 0.1) is 29.1 Å². The second-order valence-electron chi connectivity index (χ2n) is 10.1. The predicted octanol–water partition coefficient (Wildman–Crippen LogP) is 5.77. The van der Waals surface area contributed by atoms with Gasteiger partial charge in [0.05, 0.1) is 5.92 Å². The summed E-state index contributed by atoms with van der Waals surface area (Å²) < 4.78 is 0. The van der Waals surface area contributed by atoms with E-state index in [2.05, 4.69) is 27.4 Å². The molecule has 0 aromatic carbocycles. The highest BCUT2D eigenvalue weighted by Crippen LogP contribution is 2.57. The van der Waals surface area contributed by atoms with E-state index in [1.807, 2.05) is 0 Å². The highest BCUT2D eigenvalue weighted by molar-refractivity contribution is 5.70. The van der Waals surface area contributed by atoms with Gasteiger partial charge < -0.3 is 5.11 Å². The number of hydrogen-bond donors (Lipinski definition) is 1. The second kappa shape index (κ2) is 7.87. The molecule has 0 spiro atoms. The molecule has 4 nitrogen and oxygen atoms in total. The fourth-order valence-electron chi connectivity index (χ4n) is 5.92. The Balaban J connectivity index is 1.60. The number of aliphatic carboxylic acids is 1. The van der Waals surface area contributed by atoms with Gasteiger partial charge in [-0.1, -0.05) is 26.0 Å². The van der Waals surface area contributed by atoms with Crippen LogP contribution in [0.1, 0.15) is 85.5 Å². The third kappa shape index (κ3) is 4.12. The first-order valence-electron chi connectivity index (χ1n) is 10.9. The van der Waals surface area contributed by atoms with Gasteiger partial charge >= 0.3 is 5.97 Å². The van der Waals surface area contributed by atoms with E-state index < -0.39 is 11.9 Å². The standard InChI is InChI=1S/C23H38O4/c1-15-9-14-23(5)16(2)7-6-8-19(23)18(15)10-12-22(4)13-11-20(26-27-22)17(3)21(24)25/h15,17-20H,2,6-14H2,1,3-5H3,(H,24,25). The zero-order valence-electron chi connectivity index (χ0n) is 17.6. The topological polar surface area (TPSA) is 55.8 Å². The molecule has 1 aliphatic heterocycles. The zero-order chi connectivity index (χ0) is 19.8. The van der Waals surface area contributed by atoms with Gasteiger partial charge in [0, 0.05) is 0 Å². The Hall–Kier alpha value is -0.870. The minimum atomic E-state index is -0.819. The molecule has 0 aromatic heterocycles. The van der Waals surface area contributed by atoms with Crippen LogP contribution < -0.4 is 0 Å². The van der Waals surface area contributed by atoms with Crippen LogP contribution in [0.25, 0.3) is 0 Å². The Bertz CT molecular complexity index is 563. The molecule has 0 bridgehead atoms. The molecule has 2 saturated carbocycles. The Morgan fingerprint density at radius 3 is 2.67 bits per heavy atom. The number of carboxylic acid groups (broad SMARTS) is 1. The van der Waals surface area contributed by atoms with Crippen molar-refractivity contribution in [2.45, 2.75) is 97.2 Å². The number of carboxylic acids is 1. The largest absolute Gasteiger partial charge is 0.481 e. The Labute approximate surface area is 164 Å². The smallest absolute Gasteiger partial charge is 0.308 e. The lowest BCUT2D eigenvalue weighted by Crippen LogP contribution is -2.45. The summed E-state index contributed by atoms with van der Waals surface area (Å²) in [7, 11) is 0. The number of carbonyl (C=O) groups is 1. The lowest BCUT2D eigenvalue weighted by Gasteiger charge is -2.53. The van der Waals surface area contributed by atoms with E-state index in [1.54, 1.807) is 6.92 Å². The van der Waals surface area contributed by atoms with Crippen LogP contribution in [0.15, 0.2) is 12.2 Å². The van der Waals surface area contributed by atoms with Crippen molar-refractivity contribution in [1.29, 1.82) is 0 Å². The van der Waals surface area contributed by atoms with Crippen LogP contribution in [-0.4, -0.2) is 22.8 Å². The summed E-state index contributed by atoms with van der Waals surface area (Å²) in [6.45, 7) is 13.1. The number of rotatable bonds is 5. The Morgan fingerprint density at radius 1 is 1.30 bits per heavy atom. The van der Waals surface area contributed by atoms with E-state index in [4.69, 9.17) is 9.78 Å². The van der Waals surface area contributed by atoms with Crippen molar-refractivity contribution in [3.05, 3.63) is 12.2 Å². The maximum atomic E-state index is 11.2. The van der Waals surface area contributed by atoms with E-state index in [1.165, 1.54) is 37.7 Å². The van der Waals surface area contributed by atoms with Crippen LogP contribution in [0.2, 0.25) is 0 Å². The summed E-state index contributed by atoms with van der Waals surface area (Å²) in [4.78, 5) is 22.5. The summed E-state index contributed by atoms with van der Waals surface area (Å²) in [6.07, 6.45) is 9.82. The summed E-state index contributed by atoms with van der Waals surface area (Å²) in [6, 6.07) is 0. The van der Waals surface area contributed by atoms with E-state index in [9.17, 15) is 9.90 Å². The molecular formula is C23H38O4. The number of hydrogen-bond acceptors (Lipinski definition) is 3. The van der Waals surface area contributed by atoms with Crippen molar-refractivity contribution in [3.8, 4) is 0 Å². The van der Waals surface area contributed by atoms with Crippen LogP contribution in [0.5, 0.6) is 0 Å². The summed E-state index contributed by atoms with van der Waals surface area (Å²) >= 11 is 0. The third-order valence-corrected chi connectivity index (χ3v) is 8.27. The maximum absolute atomic E-state index is 11.2. The van der Waals surface area contributed by atoms with Gasteiger partial charge in [-0.25, -0.2) is 9.78 Å². The molecule has 27 heavy (non-hydrogen) atoms. The van der Waals surface area contributed by atoms with Crippen molar-refractivity contribution in [2.75, 3.05) is 0 Å². The van der Waals surface area contributed by atoms with E-state index in [0.29, 0.717) is 5.41 Å². The molecule has 1 saturated heterocycles. The normalized spacial score (nSPS) is 43.8. The summed E-state index contributed by atoms with van der Waals surface area (Å²) in [5, 5.41) is 9.18. The van der Waals surface area contributed by atoms with Gasteiger partial charge in [0.2, 0.25) is 0 Å². The van der Waals surface area contributed by atoms with Crippen LogP contribution in [0.4, 0.5) is 0 Å². The molecular weight excluding hydrogens is 340 g/mol. The molecule has 1 N–H and O–H groups in total. The summed E-state index contributed by atoms with van der Waals surface area (Å²) in [5.41, 5.74) is 1.50. The lowest BCUT2D eigenvalue weighted by atomic mass is 9.52. The fourth-order valence-corrected chi connectivity index (χ4v) is 5.92. The predicted molar refractivity (Wildman–Crippen MR) is 106 cm³/mol. The minimum absolute atomic E-state index is 0.298. The highest BCUT2D eigenvalue weighted by Gasteiger charge is 2.48. The van der Waals surface area contributed by atoms with Crippen molar-refractivity contribution < 1.29 is 19.7 Å². The van der Waals surface area contributed by atoms with Gasteiger partial charge in [-0.3, -0.25) is 4.79 Å². The molecule has 3 rings (SSSR count).